The van der Waals surface area contributed by atoms with Crippen LogP contribution in [0.25, 0.3) is 11.3 Å². The lowest BCUT2D eigenvalue weighted by Crippen LogP contribution is -2.11. The number of carbonyl (C=O) groups excluding carboxylic acids is 1. The van der Waals surface area contributed by atoms with Gasteiger partial charge in [0.25, 0.3) is 5.91 Å². The number of aromatic nitrogens is 2. The number of nitrogens with zero attached hydrogens (tertiary/aromatic N) is 2. The number of benzene rings is 3. The molecule has 3 aromatic carbocycles. The fourth-order valence-corrected chi connectivity index (χ4v) is 2.93. The number of amides is 1. The molecule has 0 aliphatic rings. The van der Waals surface area contributed by atoms with Crippen molar-refractivity contribution in [1.82, 2.24) is 9.97 Å². The van der Waals surface area contributed by atoms with E-state index >= 15 is 0 Å². The summed E-state index contributed by atoms with van der Waals surface area (Å²) in [4.78, 5) is 20.8. The Balaban J connectivity index is 1.50. The van der Waals surface area contributed by atoms with Crippen LogP contribution < -0.4 is 14.8 Å². The van der Waals surface area contributed by atoms with E-state index in [2.05, 4.69) is 15.3 Å². The summed E-state index contributed by atoms with van der Waals surface area (Å²) in [5.74, 6) is 0.751. The Labute approximate surface area is 178 Å². The number of halogens is 1. The highest BCUT2D eigenvalue weighted by Gasteiger charge is 2.10. The van der Waals surface area contributed by atoms with Gasteiger partial charge in [-0.25, -0.2) is 14.4 Å². The first kappa shape index (κ1) is 20.0. The van der Waals surface area contributed by atoms with Crippen LogP contribution in [0, 0.1) is 5.82 Å². The van der Waals surface area contributed by atoms with Crippen molar-refractivity contribution in [3.63, 3.8) is 0 Å². The number of hydrogen-bond donors (Lipinski definition) is 1. The Morgan fingerprint density at radius 3 is 2.42 bits per heavy atom. The molecular formula is C24H18FN3O3. The van der Waals surface area contributed by atoms with E-state index in [-0.39, 0.29) is 5.91 Å². The van der Waals surface area contributed by atoms with Gasteiger partial charge >= 0.3 is 0 Å². The van der Waals surface area contributed by atoms with Gasteiger partial charge in [0.1, 0.15) is 12.1 Å². The molecule has 4 rings (SSSR count). The van der Waals surface area contributed by atoms with E-state index in [4.69, 9.17) is 9.47 Å². The zero-order valence-electron chi connectivity index (χ0n) is 16.6. The van der Waals surface area contributed by atoms with Gasteiger partial charge in [-0.15, -0.1) is 0 Å². The molecule has 1 amide bonds. The maximum atomic E-state index is 13.3. The van der Waals surface area contributed by atoms with E-state index in [0.29, 0.717) is 34.3 Å². The lowest BCUT2D eigenvalue weighted by molar-refractivity contribution is 0.102. The zero-order valence-corrected chi connectivity index (χ0v) is 16.6. The average molecular weight is 415 g/mol. The topological polar surface area (TPSA) is 73.3 Å². The molecule has 0 radical (unpaired) electrons. The molecular weight excluding hydrogens is 397 g/mol. The van der Waals surface area contributed by atoms with Crippen molar-refractivity contribution in [1.29, 1.82) is 0 Å². The second-order valence-corrected chi connectivity index (χ2v) is 6.54. The Bertz CT molecular complexity index is 1210. The van der Waals surface area contributed by atoms with Crippen LogP contribution in [-0.2, 0) is 0 Å². The first-order valence-electron chi connectivity index (χ1n) is 9.42. The lowest BCUT2D eigenvalue weighted by Gasteiger charge is -2.10. The first-order valence-corrected chi connectivity index (χ1v) is 9.42. The first-order chi connectivity index (χ1) is 15.1. The minimum absolute atomic E-state index is 0.333. The van der Waals surface area contributed by atoms with Crippen LogP contribution in [0.15, 0.2) is 85.2 Å². The second kappa shape index (κ2) is 9.04. The molecule has 0 saturated carbocycles. The van der Waals surface area contributed by atoms with E-state index in [1.54, 1.807) is 55.6 Å². The van der Waals surface area contributed by atoms with Crippen molar-refractivity contribution in [3.05, 3.63) is 96.6 Å². The van der Waals surface area contributed by atoms with E-state index < -0.39 is 5.82 Å². The largest absolute Gasteiger partial charge is 0.493 e. The standard InChI is InChI=1S/C24H18FN3O3/c1-30-21-7-2-3-8-22(21)31-23-14-20(26-15-27-23)16-9-11-17(12-10-16)24(29)28-19-6-4-5-18(25)13-19/h2-15H,1H3,(H,28,29). The maximum Gasteiger partial charge on any atom is 0.255 e. The summed E-state index contributed by atoms with van der Waals surface area (Å²) in [7, 11) is 1.57. The van der Waals surface area contributed by atoms with Gasteiger partial charge in [-0.2, -0.15) is 0 Å². The van der Waals surface area contributed by atoms with Gasteiger partial charge in [-0.1, -0.05) is 30.3 Å². The molecule has 0 bridgehead atoms. The van der Waals surface area contributed by atoms with Gasteiger partial charge in [-0.3, -0.25) is 4.79 Å². The average Bonchev–Trinajstić information content (AvgIpc) is 2.80. The predicted octanol–water partition coefficient (Wildman–Crippen LogP) is 5.34. The van der Waals surface area contributed by atoms with Crippen LogP contribution in [0.1, 0.15) is 10.4 Å². The van der Waals surface area contributed by atoms with Gasteiger partial charge in [-0.05, 0) is 42.5 Å². The number of nitrogens with one attached hydrogen (secondary N) is 1. The number of methoxy groups -OCH3 is 1. The quantitative estimate of drug-likeness (QED) is 0.460. The SMILES string of the molecule is COc1ccccc1Oc1cc(-c2ccc(C(=O)Nc3cccc(F)c3)cc2)ncn1. The van der Waals surface area contributed by atoms with Crippen LogP contribution in [0.5, 0.6) is 17.4 Å². The number of para-hydroxylation sites is 2. The van der Waals surface area contributed by atoms with Gasteiger partial charge in [0.05, 0.1) is 12.8 Å². The fraction of sp³-hybridized carbons (Fsp3) is 0.0417. The molecule has 0 spiro atoms. The van der Waals surface area contributed by atoms with Gasteiger partial charge in [0.15, 0.2) is 11.5 Å². The molecule has 0 saturated heterocycles. The summed E-state index contributed by atoms with van der Waals surface area (Å²) in [6.45, 7) is 0. The molecule has 4 aromatic rings. The molecule has 31 heavy (non-hydrogen) atoms. The third-order valence-electron chi connectivity index (χ3n) is 4.45. The number of rotatable bonds is 6. The molecule has 0 aliphatic carbocycles. The van der Waals surface area contributed by atoms with Gasteiger partial charge in [0.2, 0.25) is 5.88 Å². The second-order valence-electron chi connectivity index (χ2n) is 6.54. The lowest BCUT2D eigenvalue weighted by atomic mass is 10.1. The molecule has 0 fully saturated rings. The van der Waals surface area contributed by atoms with Crippen molar-refractivity contribution < 1.29 is 18.7 Å². The summed E-state index contributed by atoms with van der Waals surface area (Å²) in [6, 6.07) is 21.6. The van der Waals surface area contributed by atoms with Crippen molar-refractivity contribution in [2.24, 2.45) is 0 Å². The van der Waals surface area contributed by atoms with E-state index in [9.17, 15) is 9.18 Å². The van der Waals surface area contributed by atoms with Crippen LogP contribution in [0.3, 0.4) is 0 Å². The van der Waals surface area contributed by atoms with E-state index in [0.717, 1.165) is 5.56 Å². The van der Waals surface area contributed by atoms with Crippen LogP contribution in [-0.4, -0.2) is 23.0 Å². The Morgan fingerprint density at radius 1 is 0.903 bits per heavy atom. The number of hydrogen-bond acceptors (Lipinski definition) is 5. The van der Waals surface area contributed by atoms with Crippen molar-refractivity contribution in [3.8, 4) is 28.6 Å². The highest BCUT2D eigenvalue weighted by molar-refractivity contribution is 6.04. The zero-order chi connectivity index (χ0) is 21.6. The van der Waals surface area contributed by atoms with E-state index in [1.807, 2.05) is 12.1 Å². The summed E-state index contributed by atoms with van der Waals surface area (Å²) >= 11 is 0. The third kappa shape index (κ3) is 4.84. The monoisotopic (exact) mass is 415 g/mol. The molecule has 7 heteroatoms. The predicted molar refractivity (Wildman–Crippen MR) is 115 cm³/mol. The number of carbonyl (C=O) groups is 1. The Hall–Kier alpha value is -4.26. The summed E-state index contributed by atoms with van der Waals surface area (Å²) in [6.07, 6.45) is 1.41. The highest BCUT2D eigenvalue weighted by Crippen LogP contribution is 2.31. The van der Waals surface area contributed by atoms with Crippen LogP contribution >= 0.6 is 0 Å². The minimum atomic E-state index is -0.414. The number of ether oxygens (including phenoxy) is 2. The highest BCUT2D eigenvalue weighted by atomic mass is 19.1. The van der Waals surface area contributed by atoms with Gasteiger partial charge < -0.3 is 14.8 Å². The molecule has 6 nitrogen and oxygen atoms in total. The van der Waals surface area contributed by atoms with Crippen LogP contribution in [0.4, 0.5) is 10.1 Å². The molecule has 1 aromatic heterocycles. The molecule has 154 valence electrons. The van der Waals surface area contributed by atoms with Crippen molar-refractivity contribution >= 4 is 11.6 Å². The number of anilines is 1. The smallest absolute Gasteiger partial charge is 0.255 e. The van der Waals surface area contributed by atoms with Crippen molar-refractivity contribution in [2.75, 3.05) is 12.4 Å². The maximum absolute atomic E-state index is 13.3. The summed E-state index contributed by atoms with van der Waals surface area (Å²) in [5.41, 5.74) is 2.25. The Morgan fingerprint density at radius 2 is 1.68 bits per heavy atom. The summed E-state index contributed by atoms with van der Waals surface area (Å²) in [5, 5.41) is 2.67. The van der Waals surface area contributed by atoms with E-state index in [1.165, 1.54) is 24.5 Å². The van der Waals surface area contributed by atoms with Crippen LogP contribution in [0.2, 0.25) is 0 Å². The summed E-state index contributed by atoms with van der Waals surface area (Å²) < 4.78 is 24.4. The van der Waals surface area contributed by atoms with Crippen molar-refractivity contribution in [2.45, 2.75) is 0 Å². The molecule has 0 aliphatic heterocycles. The molecule has 1 heterocycles. The minimum Gasteiger partial charge on any atom is -0.493 e. The normalized spacial score (nSPS) is 10.4. The van der Waals surface area contributed by atoms with Gasteiger partial charge in [0, 0.05) is 22.9 Å². The third-order valence-corrected chi connectivity index (χ3v) is 4.45. The molecule has 0 unspecified atom stereocenters. The molecule has 1 N–H and O–H groups in total. The fourth-order valence-electron chi connectivity index (χ4n) is 2.93. The Kier molecular flexibility index (Phi) is 5.84. The molecule has 0 atom stereocenters.